The number of hydrogen-bond donors (Lipinski definition) is 1. The van der Waals surface area contributed by atoms with E-state index in [0.29, 0.717) is 0 Å². The van der Waals surface area contributed by atoms with Crippen molar-refractivity contribution in [3.05, 3.63) is 23.0 Å². The van der Waals surface area contributed by atoms with E-state index in [1.165, 1.54) is 0 Å². The molecule has 0 atom stereocenters. The second-order valence-electron chi connectivity index (χ2n) is 3.35. The van der Waals surface area contributed by atoms with E-state index in [1.54, 1.807) is 0 Å². The standard InChI is InChI=1S/C9H5ClF6N2O2/c10-7(19)6-3(8(11,12)13)1-5(4(2-17)18-6)20-9(14,15)16/h1H,2,17H2. The molecule has 2 N–H and O–H groups in total. The summed E-state index contributed by atoms with van der Waals surface area (Å²) in [5.41, 5.74) is 1.39. The number of ether oxygens (including phenoxy) is 1. The van der Waals surface area contributed by atoms with E-state index in [2.05, 4.69) is 9.72 Å². The predicted molar refractivity (Wildman–Crippen MR) is 54.0 cm³/mol. The summed E-state index contributed by atoms with van der Waals surface area (Å²) >= 11 is 4.92. The highest BCUT2D eigenvalue weighted by Crippen LogP contribution is 2.36. The van der Waals surface area contributed by atoms with Crippen LogP contribution in [0.1, 0.15) is 21.7 Å². The van der Waals surface area contributed by atoms with Gasteiger partial charge in [0.2, 0.25) is 0 Å². The van der Waals surface area contributed by atoms with Crippen LogP contribution in [0.25, 0.3) is 0 Å². The van der Waals surface area contributed by atoms with Gasteiger partial charge in [-0.2, -0.15) is 13.2 Å². The van der Waals surface area contributed by atoms with Crippen LogP contribution in [0.2, 0.25) is 0 Å². The molecule has 0 radical (unpaired) electrons. The molecule has 0 aliphatic carbocycles. The summed E-state index contributed by atoms with van der Waals surface area (Å²) in [6.07, 6.45) is -10.4. The minimum absolute atomic E-state index is 0.0156. The van der Waals surface area contributed by atoms with Gasteiger partial charge in [-0.25, -0.2) is 4.98 Å². The molecule has 0 aliphatic heterocycles. The Bertz CT molecular complexity index is 528. The normalized spacial score (nSPS) is 12.4. The Kier molecular flexibility index (Phi) is 4.49. The maximum atomic E-state index is 12.6. The minimum Gasteiger partial charge on any atom is -0.404 e. The zero-order valence-corrected chi connectivity index (χ0v) is 10.0. The molecular weight excluding hydrogens is 318 g/mol. The highest BCUT2D eigenvalue weighted by Gasteiger charge is 2.39. The molecule has 0 spiro atoms. The smallest absolute Gasteiger partial charge is 0.404 e. The summed E-state index contributed by atoms with van der Waals surface area (Å²) in [5.74, 6) is -1.24. The first-order valence-corrected chi connectivity index (χ1v) is 5.10. The zero-order valence-electron chi connectivity index (χ0n) is 9.27. The van der Waals surface area contributed by atoms with Gasteiger partial charge in [-0.05, 0) is 17.7 Å². The number of alkyl halides is 6. The molecule has 1 rings (SSSR count). The largest absolute Gasteiger partial charge is 0.573 e. The maximum absolute atomic E-state index is 12.6. The number of carbonyl (C=O) groups is 1. The Labute approximate surface area is 112 Å². The van der Waals surface area contributed by atoms with Crippen LogP contribution in [-0.4, -0.2) is 16.6 Å². The van der Waals surface area contributed by atoms with Gasteiger partial charge in [0.05, 0.1) is 11.3 Å². The van der Waals surface area contributed by atoms with Crippen LogP contribution in [0.5, 0.6) is 5.75 Å². The average Bonchev–Trinajstić information content (AvgIpc) is 2.24. The molecule has 0 unspecified atom stereocenters. The van der Waals surface area contributed by atoms with Gasteiger partial charge in [0.25, 0.3) is 5.24 Å². The van der Waals surface area contributed by atoms with E-state index in [0.717, 1.165) is 0 Å². The van der Waals surface area contributed by atoms with Gasteiger partial charge < -0.3 is 10.5 Å². The summed E-state index contributed by atoms with van der Waals surface area (Å²) in [5, 5.41) is -1.58. The van der Waals surface area contributed by atoms with Crippen LogP contribution in [0, 0.1) is 0 Å². The van der Waals surface area contributed by atoms with Gasteiger partial charge in [-0.1, -0.05) is 0 Å². The van der Waals surface area contributed by atoms with Crippen molar-refractivity contribution in [2.24, 2.45) is 5.73 Å². The molecule has 11 heteroatoms. The van der Waals surface area contributed by atoms with Gasteiger partial charge in [0, 0.05) is 6.54 Å². The van der Waals surface area contributed by atoms with Crippen molar-refractivity contribution >= 4 is 16.8 Å². The third-order valence-corrected chi connectivity index (χ3v) is 2.15. The Morgan fingerprint density at radius 2 is 1.85 bits per heavy atom. The molecular formula is C9H5ClF6N2O2. The van der Waals surface area contributed by atoms with E-state index in [9.17, 15) is 31.1 Å². The quantitative estimate of drug-likeness (QED) is 0.686. The van der Waals surface area contributed by atoms with E-state index in [4.69, 9.17) is 17.3 Å². The average molecular weight is 323 g/mol. The number of aromatic nitrogens is 1. The van der Waals surface area contributed by atoms with Crippen LogP contribution in [0.3, 0.4) is 0 Å². The van der Waals surface area contributed by atoms with Crippen molar-refractivity contribution in [2.45, 2.75) is 19.1 Å². The van der Waals surface area contributed by atoms with Crippen LogP contribution >= 0.6 is 11.6 Å². The fourth-order valence-electron chi connectivity index (χ4n) is 1.26. The van der Waals surface area contributed by atoms with Gasteiger partial charge >= 0.3 is 12.5 Å². The molecule has 1 aromatic rings. The van der Waals surface area contributed by atoms with Crippen LogP contribution in [0.4, 0.5) is 26.3 Å². The van der Waals surface area contributed by atoms with Crippen molar-refractivity contribution in [2.75, 3.05) is 0 Å². The number of rotatable bonds is 3. The second-order valence-corrected chi connectivity index (χ2v) is 3.70. The SMILES string of the molecule is NCc1nc(C(=O)Cl)c(C(F)(F)F)cc1OC(F)(F)F. The number of nitrogens with two attached hydrogens (primary N) is 1. The Morgan fingerprint density at radius 1 is 1.30 bits per heavy atom. The molecule has 0 bridgehead atoms. The molecule has 0 fully saturated rings. The lowest BCUT2D eigenvalue weighted by molar-refractivity contribution is -0.275. The monoisotopic (exact) mass is 322 g/mol. The summed E-state index contributed by atoms with van der Waals surface area (Å²) < 4.78 is 77.6. The number of hydrogen-bond acceptors (Lipinski definition) is 4. The summed E-state index contributed by atoms with van der Waals surface area (Å²) in [6.45, 7) is -0.680. The van der Waals surface area contributed by atoms with E-state index in [-0.39, 0.29) is 6.07 Å². The summed E-state index contributed by atoms with van der Waals surface area (Å²) in [6, 6.07) is -0.0156. The minimum atomic E-state index is -5.24. The molecule has 1 aromatic heterocycles. The predicted octanol–water partition coefficient (Wildman–Crippen LogP) is 2.84. The van der Waals surface area contributed by atoms with Gasteiger partial charge in [-0.3, -0.25) is 4.79 Å². The van der Waals surface area contributed by atoms with Crippen LogP contribution in [-0.2, 0) is 12.7 Å². The second kappa shape index (κ2) is 5.44. The van der Waals surface area contributed by atoms with Crippen molar-refractivity contribution < 1.29 is 35.9 Å². The fourth-order valence-corrected chi connectivity index (χ4v) is 1.40. The van der Waals surface area contributed by atoms with Gasteiger partial charge in [0.15, 0.2) is 5.75 Å². The van der Waals surface area contributed by atoms with E-state index >= 15 is 0 Å². The van der Waals surface area contributed by atoms with E-state index < -0.39 is 47.0 Å². The van der Waals surface area contributed by atoms with Crippen LogP contribution < -0.4 is 10.5 Å². The third kappa shape index (κ3) is 3.97. The lowest BCUT2D eigenvalue weighted by Crippen LogP contribution is -2.22. The lowest BCUT2D eigenvalue weighted by Gasteiger charge is -2.16. The molecule has 112 valence electrons. The van der Waals surface area contributed by atoms with Crippen molar-refractivity contribution in [1.82, 2.24) is 4.98 Å². The molecule has 1 heterocycles. The molecule has 0 saturated heterocycles. The third-order valence-electron chi connectivity index (χ3n) is 1.97. The number of pyridine rings is 1. The topological polar surface area (TPSA) is 65.2 Å². The number of carbonyl (C=O) groups excluding carboxylic acids is 1. The van der Waals surface area contributed by atoms with Crippen molar-refractivity contribution in [3.8, 4) is 5.75 Å². The zero-order chi connectivity index (χ0) is 15.7. The van der Waals surface area contributed by atoms with Crippen molar-refractivity contribution in [3.63, 3.8) is 0 Å². The first kappa shape index (κ1) is 16.5. The molecule has 20 heavy (non-hydrogen) atoms. The first-order valence-electron chi connectivity index (χ1n) is 4.72. The fraction of sp³-hybridized carbons (Fsp3) is 0.333. The highest BCUT2D eigenvalue weighted by atomic mass is 35.5. The number of nitrogens with zero attached hydrogens (tertiary/aromatic N) is 1. The molecule has 0 aliphatic rings. The van der Waals surface area contributed by atoms with Gasteiger partial charge in [0.1, 0.15) is 5.69 Å². The summed E-state index contributed by atoms with van der Waals surface area (Å²) in [4.78, 5) is 14.0. The molecule has 0 aromatic carbocycles. The van der Waals surface area contributed by atoms with E-state index in [1.807, 2.05) is 0 Å². The first-order chi connectivity index (χ1) is 8.95. The lowest BCUT2D eigenvalue weighted by atomic mass is 10.1. The highest BCUT2D eigenvalue weighted by molar-refractivity contribution is 6.67. The summed E-state index contributed by atoms with van der Waals surface area (Å²) in [7, 11) is 0. The number of halogens is 7. The Hall–Kier alpha value is -1.55. The molecule has 0 amide bonds. The maximum Gasteiger partial charge on any atom is 0.573 e. The molecule has 0 saturated carbocycles. The Morgan fingerprint density at radius 3 is 2.20 bits per heavy atom. The van der Waals surface area contributed by atoms with Gasteiger partial charge in [-0.15, -0.1) is 13.2 Å². The van der Waals surface area contributed by atoms with Crippen LogP contribution in [0.15, 0.2) is 6.07 Å². The van der Waals surface area contributed by atoms with Crippen molar-refractivity contribution in [1.29, 1.82) is 0 Å². The Balaban J connectivity index is 3.50. The molecule has 4 nitrogen and oxygen atoms in total.